The third-order valence-corrected chi connectivity index (χ3v) is 8.90. The van der Waals surface area contributed by atoms with Gasteiger partial charge >= 0.3 is 6.09 Å². The van der Waals surface area contributed by atoms with Gasteiger partial charge in [0.1, 0.15) is 11.7 Å². The maximum Gasteiger partial charge on any atom is 0.410 e. The van der Waals surface area contributed by atoms with Gasteiger partial charge in [0, 0.05) is 75.1 Å². The van der Waals surface area contributed by atoms with Crippen molar-refractivity contribution in [3.05, 3.63) is 29.5 Å². The van der Waals surface area contributed by atoms with Crippen LogP contribution >= 0.6 is 11.6 Å². The van der Waals surface area contributed by atoms with Crippen LogP contribution in [0.4, 0.5) is 22.0 Å². The second-order valence-electron chi connectivity index (χ2n) is 13.0. The van der Waals surface area contributed by atoms with E-state index in [0.717, 1.165) is 69.4 Å². The summed E-state index contributed by atoms with van der Waals surface area (Å²) in [5, 5.41) is 8.29. The molecule has 5 aliphatic rings. The zero-order chi connectivity index (χ0) is 29.4. The molecule has 2 bridgehead atoms. The molecule has 2 N–H and O–H groups in total. The normalized spacial score (nSPS) is 26.5. The Morgan fingerprint density at radius 2 is 1.69 bits per heavy atom. The van der Waals surface area contributed by atoms with Crippen molar-refractivity contribution in [2.75, 3.05) is 41.7 Å². The molecule has 4 saturated heterocycles. The summed E-state index contributed by atoms with van der Waals surface area (Å²) in [5.74, 6) is 1.08. The van der Waals surface area contributed by atoms with Gasteiger partial charge in [-0.3, -0.25) is 0 Å². The van der Waals surface area contributed by atoms with Gasteiger partial charge in [0.15, 0.2) is 11.0 Å². The van der Waals surface area contributed by atoms with E-state index in [0.29, 0.717) is 42.0 Å². The number of likely N-dealkylation sites (tertiary alicyclic amines) is 1. The van der Waals surface area contributed by atoms with Gasteiger partial charge in [-0.2, -0.15) is 0 Å². The van der Waals surface area contributed by atoms with Gasteiger partial charge in [0.25, 0.3) is 0 Å². The minimum atomic E-state index is -0.476. The summed E-state index contributed by atoms with van der Waals surface area (Å²) in [5.41, 5.74) is 7.73. The van der Waals surface area contributed by atoms with Crippen LogP contribution in [0.5, 0.6) is 5.88 Å². The minimum absolute atomic E-state index is 0.0996. The smallest absolute Gasteiger partial charge is 0.410 e. The molecule has 4 aliphatic heterocycles. The van der Waals surface area contributed by atoms with E-state index in [-0.39, 0.29) is 24.4 Å². The molecule has 0 radical (unpaired) electrons. The third-order valence-electron chi connectivity index (χ3n) is 8.72. The first-order chi connectivity index (χ1) is 20.1. The molecule has 2 aromatic rings. The molecule has 0 aromatic carbocycles. The lowest BCUT2D eigenvalue weighted by molar-refractivity contribution is -0.110. The Kier molecular flexibility index (Phi) is 8.24. The summed E-state index contributed by atoms with van der Waals surface area (Å²) in [6.07, 6.45) is 8.78. The number of nitrogens with zero attached hydrogens (tertiary/aromatic N) is 6. The lowest BCUT2D eigenvalue weighted by Gasteiger charge is -2.46. The van der Waals surface area contributed by atoms with E-state index < -0.39 is 5.60 Å². The number of carbonyl (C=O) groups is 1. The number of rotatable bonds is 6. The van der Waals surface area contributed by atoms with E-state index in [1.807, 2.05) is 33.0 Å². The standard InChI is InChI=1S/C30H42ClN7O4/c1-30(2,3)42-29(39)36-11-8-22(9-12-36)40-23-14-24(15-23)41-27-13-19(7-10-33-27)37-17-21-6-4-5-20(37)18-38(21)25-16-26(31)34-35-28(25)32/h7,10,13,16,20-24H,4-6,8-9,11-12,14-15,17-18H2,1-3H3,(H2,32,35). The molecule has 1 saturated carbocycles. The number of pyridine rings is 1. The van der Waals surface area contributed by atoms with Crippen LogP contribution in [0, 0.1) is 0 Å². The number of hydrogen-bond donors (Lipinski definition) is 1. The monoisotopic (exact) mass is 599 g/mol. The van der Waals surface area contributed by atoms with Crippen LogP contribution < -0.4 is 20.3 Å². The van der Waals surface area contributed by atoms with Crippen LogP contribution in [0.2, 0.25) is 5.15 Å². The largest absolute Gasteiger partial charge is 0.474 e. The van der Waals surface area contributed by atoms with Gasteiger partial charge in [-0.25, -0.2) is 9.78 Å². The molecule has 1 aliphatic carbocycles. The molecule has 1 amide bonds. The fourth-order valence-corrected chi connectivity index (χ4v) is 6.69. The Labute approximate surface area is 252 Å². The van der Waals surface area contributed by atoms with Gasteiger partial charge in [-0.05, 0) is 58.9 Å². The van der Waals surface area contributed by atoms with Gasteiger partial charge in [0.2, 0.25) is 5.88 Å². The van der Waals surface area contributed by atoms with Crippen LogP contribution in [-0.4, -0.2) is 88.4 Å². The van der Waals surface area contributed by atoms with E-state index in [9.17, 15) is 4.79 Å². The Morgan fingerprint density at radius 1 is 0.976 bits per heavy atom. The van der Waals surface area contributed by atoms with Gasteiger partial charge < -0.3 is 34.6 Å². The summed E-state index contributed by atoms with van der Waals surface area (Å²) >= 11 is 6.16. The van der Waals surface area contributed by atoms with Crippen LogP contribution in [-0.2, 0) is 9.47 Å². The van der Waals surface area contributed by atoms with E-state index in [2.05, 4.69) is 37.1 Å². The number of hydrogen-bond acceptors (Lipinski definition) is 10. The molecule has 7 rings (SSSR count). The maximum absolute atomic E-state index is 12.3. The molecule has 12 heteroatoms. The molecule has 5 fully saturated rings. The van der Waals surface area contributed by atoms with Crippen molar-refractivity contribution in [3.63, 3.8) is 0 Å². The quantitative estimate of drug-likeness (QED) is 0.501. The number of halogens is 1. The molecule has 42 heavy (non-hydrogen) atoms. The molecular formula is C30H42ClN7O4. The minimum Gasteiger partial charge on any atom is -0.474 e. The Hall–Kier alpha value is -3.05. The molecule has 6 heterocycles. The molecule has 0 spiro atoms. The van der Waals surface area contributed by atoms with Gasteiger partial charge in [-0.15, -0.1) is 10.2 Å². The van der Waals surface area contributed by atoms with Crippen molar-refractivity contribution in [1.29, 1.82) is 0 Å². The zero-order valence-electron chi connectivity index (χ0n) is 24.7. The van der Waals surface area contributed by atoms with Crippen LogP contribution in [0.15, 0.2) is 24.4 Å². The number of amides is 1. The van der Waals surface area contributed by atoms with E-state index >= 15 is 0 Å². The van der Waals surface area contributed by atoms with Crippen LogP contribution in [0.1, 0.15) is 65.7 Å². The highest BCUT2D eigenvalue weighted by molar-refractivity contribution is 6.29. The Morgan fingerprint density at radius 3 is 2.43 bits per heavy atom. The second-order valence-corrected chi connectivity index (χ2v) is 13.4. The van der Waals surface area contributed by atoms with Crippen molar-refractivity contribution in [3.8, 4) is 5.88 Å². The SMILES string of the molecule is CC(C)(C)OC(=O)N1CCC(OC2CC(Oc3cc(N4CC5CCCC4CN5c4cc(Cl)nnc4N)ccn3)C2)CC1. The number of ether oxygens (including phenoxy) is 3. The number of piperidine rings is 1. The number of nitrogens with two attached hydrogens (primary N) is 1. The van der Waals surface area contributed by atoms with Gasteiger partial charge in [0.05, 0.1) is 17.9 Å². The van der Waals surface area contributed by atoms with Crippen molar-refractivity contribution in [2.24, 2.45) is 0 Å². The molecule has 2 aromatic heterocycles. The molecule has 2 unspecified atom stereocenters. The second kappa shape index (κ2) is 11.9. The number of fused-ring (bicyclic) bond motifs is 4. The van der Waals surface area contributed by atoms with Crippen LogP contribution in [0.3, 0.4) is 0 Å². The van der Waals surface area contributed by atoms with Gasteiger partial charge in [-0.1, -0.05) is 11.6 Å². The number of nitrogen functional groups attached to an aromatic ring is 1. The molecule has 2 atom stereocenters. The molecule has 228 valence electrons. The lowest BCUT2D eigenvalue weighted by Crippen LogP contribution is -2.57. The lowest BCUT2D eigenvalue weighted by atomic mass is 9.91. The number of piperazine rings is 1. The van der Waals surface area contributed by atoms with Crippen LogP contribution in [0.25, 0.3) is 0 Å². The summed E-state index contributed by atoms with van der Waals surface area (Å²) < 4.78 is 18.1. The zero-order valence-corrected chi connectivity index (χ0v) is 25.5. The first-order valence-electron chi connectivity index (χ1n) is 15.2. The predicted octanol–water partition coefficient (Wildman–Crippen LogP) is 4.68. The highest BCUT2D eigenvalue weighted by Crippen LogP contribution is 2.38. The maximum atomic E-state index is 12.3. The predicted molar refractivity (Wildman–Crippen MR) is 161 cm³/mol. The van der Waals surface area contributed by atoms with E-state index in [1.165, 1.54) is 0 Å². The van der Waals surface area contributed by atoms with E-state index in [4.69, 9.17) is 31.5 Å². The summed E-state index contributed by atoms with van der Waals surface area (Å²) in [6.45, 7) is 8.75. The fraction of sp³-hybridized carbons (Fsp3) is 0.667. The average molecular weight is 600 g/mol. The van der Waals surface area contributed by atoms with Crippen molar-refractivity contribution < 1.29 is 19.0 Å². The average Bonchev–Trinajstić information content (AvgIpc) is 3.27. The number of aromatic nitrogens is 3. The summed E-state index contributed by atoms with van der Waals surface area (Å²) in [7, 11) is 0. The van der Waals surface area contributed by atoms with Crippen molar-refractivity contribution >= 4 is 34.9 Å². The molecular weight excluding hydrogens is 558 g/mol. The summed E-state index contributed by atoms with van der Waals surface area (Å²) in [6, 6.07) is 6.63. The topological polar surface area (TPSA) is 119 Å². The number of carbonyl (C=O) groups excluding carboxylic acids is 1. The third kappa shape index (κ3) is 6.62. The number of anilines is 3. The Bertz CT molecular complexity index is 1260. The molecule has 11 nitrogen and oxygen atoms in total. The highest BCUT2D eigenvalue weighted by Gasteiger charge is 2.39. The highest BCUT2D eigenvalue weighted by atomic mass is 35.5. The first kappa shape index (κ1) is 29.0. The summed E-state index contributed by atoms with van der Waals surface area (Å²) in [4.78, 5) is 23.5. The van der Waals surface area contributed by atoms with Crippen molar-refractivity contribution in [2.45, 2.75) is 102 Å². The van der Waals surface area contributed by atoms with Crippen molar-refractivity contribution in [1.82, 2.24) is 20.1 Å². The fourth-order valence-electron chi connectivity index (χ4n) is 6.55. The first-order valence-corrected chi connectivity index (χ1v) is 15.6. The Balaban J connectivity index is 0.991. The van der Waals surface area contributed by atoms with E-state index in [1.54, 1.807) is 4.90 Å².